The van der Waals surface area contributed by atoms with Gasteiger partial charge < -0.3 is 8.98 Å². The lowest BCUT2D eigenvalue weighted by Gasteiger charge is -2.08. The van der Waals surface area contributed by atoms with Crippen molar-refractivity contribution in [3.63, 3.8) is 0 Å². The van der Waals surface area contributed by atoms with Gasteiger partial charge in [-0.1, -0.05) is 24.3 Å². The second-order valence-electron chi connectivity index (χ2n) is 6.76. The van der Waals surface area contributed by atoms with Crippen LogP contribution in [0.5, 0.6) is 0 Å². The van der Waals surface area contributed by atoms with Crippen molar-refractivity contribution in [3.8, 4) is 17.1 Å². The van der Waals surface area contributed by atoms with E-state index >= 15 is 0 Å². The summed E-state index contributed by atoms with van der Waals surface area (Å²) in [5, 5.41) is 3.54. The fraction of sp³-hybridized carbons (Fsp3) is 0. The van der Waals surface area contributed by atoms with Crippen LogP contribution in [0.2, 0.25) is 0 Å². The summed E-state index contributed by atoms with van der Waals surface area (Å²) in [4.78, 5) is 9.06. The minimum Gasteiger partial charge on any atom is -0.464 e. The smallest absolute Gasteiger partial charge is 0.134 e. The monoisotopic (exact) mass is 361 g/mol. The van der Waals surface area contributed by atoms with Crippen LogP contribution in [0.4, 0.5) is 0 Å². The Hall–Kier alpha value is -3.92. The fourth-order valence-corrected chi connectivity index (χ4v) is 3.97. The predicted octanol–water partition coefficient (Wildman–Crippen LogP) is 5.99. The average Bonchev–Trinajstić information content (AvgIpc) is 3.36. The third kappa shape index (κ3) is 2.12. The van der Waals surface area contributed by atoms with E-state index in [0.717, 1.165) is 39.1 Å². The summed E-state index contributed by atoms with van der Waals surface area (Å²) in [6.45, 7) is 0. The van der Waals surface area contributed by atoms with E-state index in [1.807, 2.05) is 42.6 Å². The molecule has 4 heteroatoms. The number of rotatable bonds is 2. The number of nitrogens with zero attached hydrogens (tertiary/aromatic N) is 3. The van der Waals surface area contributed by atoms with Crippen LogP contribution in [0.15, 0.2) is 95.9 Å². The van der Waals surface area contributed by atoms with E-state index in [-0.39, 0.29) is 0 Å². The zero-order valence-corrected chi connectivity index (χ0v) is 14.9. The normalized spacial score (nSPS) is 11.6. The summed E-state index contributed by atoms with van der Waals surface area (Å²) in [5.74, 6) is 0. The maximum atomic E-state index is 5.63. The van der Waals surface area contributed by atoms with Gasteiger partial charge in [0.1, 0.15) is 5.58 Å². The van der Waals surface area contributed by atoms with Crippen molar-refractivity contribution < 1.29 is 4.42 Å². The van der Waals surface area contributed by atoms with Crippen molar-refractivity contribution >= 4 is 32.8 Å². The Kier molecular flexibility index (Phi) is 3.14. The molecule has 2 aromatic carbocycles. The van der Waals surface area contributed by atoms with Crippen LogP contribution in [0.25, 0.3) is 49.9 Å². The minimum absolute atomic E-state index is 0.863. The van der Waals surface area contributed by atoms with E-state index in [2.05, 4.69) is 50.9 Å². The van der Waals surface area contributed by atoms with Crippen LogP contribution in [-0.4, -0.2) is 14.5 Å². The molecular weight excluding hydrogens is 346 g/mol. The molecule has 0 N–H and O–H groups in total. The third-order valence-corrected chi connectivity index (χ3v) is 5.20. The maximum Gasteiger partial charge on any atom is 0.134 e. The van der Waals surface area contributed by atoms with E-state index < -0.39 is 0 Å². The first kappa shape index (κ1) is 15.2. The van der Waals surface area contributed by atoms with Crippen molar-refractivity contribution in [2.75, 3.05) is 0 Å². The summed E-state index contributed by atoms with van der Waals surface area (Å²) in [5.41, 5.74) is 5.95. The largest absolute Gasteiger partial charge is 0.464 e. The molecule has 132 valence electrons. The summed E-state index contributed by atoms with van der Waals surface area (Å²) in [6.07, 6.45) is 5.45. The summed E-state index contributed by atoms with van der Waals surface area (Å²) >= 11 is 0. The number of fused-ring (bicyclic) bond motifs is 5. The van der Waals surface area contributed by atoms with Crippen molar-refractivity contribution in [1.82, 2.24) is 14.5 Å². The molecule has 0 bridgehead atoms. The lowest BCUT2D eigenvalue weighted by Crippen LogP contribution is -1.95. The quantitative estimate of drug-likeness (QED) is 0.381. The zero-order valence-electron chi connectivity index (χ0n) is 14.9. The Balaban J connectivity index is 1.63. The number of para-hydroxylation sites is 1. The highest BCUT2D eigenvalue weighted by Crippen LogP contribution is 2.37. The van der Waals surface area contributed by atoms with Crippen LogP contribution >= 0.6 is 0 Å². The lowest BCUT2D eigenvalue weighted by molar-refractivity contribution is 0.616. The molecule has 0 unspecified atom stereocenters. The summed E-state index contributed by atoms with van der Waals surface area (Å²) < 4.78 is 7.88. The molecule has 0 spiro atoms. The van der Waals surface area contributed by atoms with Crippen molar-refractivity contribution in [3.05, 3.63) is 91.5 Å². The highest BCUT2D eigenvalue weighted by atomic mass is 16.3. The minimum atomic E-state index is 0.863. The Morgan fingerprint density at radius 1 is 0.679 bits per heavy atom. The van der Waals surface area contributed by atoms with Gasteiger partial charge in [0.2, 0.25) is 0 Å². The van der Waals surface area contributed by atoms with Crippen LogP contribution in [0.3, 0.4) is 0 Å². The van der Waals surface area contributed by atoms with Gasteiger partial charge in [-0.05, 0) is 48.5 Å². The Morgan fingerprint density at radius 3 is 2.43 bits per heavy atom. The summed E-state index contributed by atoms with van der Waals surface area (Å²) in [6, 6.07) is 24.6. The van der Waals surface area contributed by atoms with Gasteiger partial charge >= 0.3 is 0 Å². The molecule has 0 saturated carbocycles. The molecule has 0 saturated heterocycles. The number of furan rings is 1. The van der Waals surface area contributed by atoms with Crippen molar-refractivity contribution in [2.24, 2.45) is 0 Å². The van der Waals surface area contributed by atoms with Gasteiger partial charge in [0.15, 0.2) is 0 Å². The molecule has 0 radical (unpaired) electrons. The Bertz CT molecular complexity index is 1440. The standard InChI is InChI=1S/C24H15N3O/c1-2-7-21-17(5-1)24-18-12-14-28-23(18)11-10-22(24)27(21)16-8-9-20(26-15-16)19-6-3-4-13-25-19/h1-15H. The first-order chi connectivity index (χ1) is 13.9. The number of hydrogen-bond acceptors (Lipinski definition) is 3. The van der Waals surface area contributed by atoms with Gasteiger partial charge in [-0.2, -0.15) is 0 Å². The molecule has 0 amide bonds. The molecule has 28 heavy (non-hydrogen) atoms. The second-order valence-corrected chi connectivity index (χ2v) is 6.76. The molecule has 4 aromatic heterocycles. The van der Waals surface area contributed by atoms with Gasteiger partial charge in [0, 0.05) is 22.4 Å². The molecule has 0 aliphatic rings. The first-order valence-electron chi connectivity index (χ1n) is 9.17. The predicted molar refractivity (Wildman–Crippen MR) is 112 cm³/mol. The van der Waals surface area contributed by atoms with Crippen LogP contribution in [0, 0.1) is 0 Å². The van der Waals surface area contributed by atoms with E-state index in [4.69, 9.17) is 4.42 Å². The first-order valence-corrected chi connectivity index (χ1v) is 9.17. The Morgan fingerprint density at radius 2 is 1.57 bits per heavy atom. The fourth-order valence-electron chi connectivity index (χ4n) is 3.97. The molecule has 0 aliphatic heterocycles. The van der Waals surface area contributed by atoms with Gasteiger partial charge in [0.25, 0.3) is 0 Å². The molecule has 6 rings (SSSR count). The van der Waals surface area contributed by atoms with Crippen molar-refractivity contribution in [2.45, 2.75) is 0 Å². The molecule has 0 aliphatic carbocycles. The van der Waals surface area contributed by atoms with Crippen LogP contribution < -0.4 is 0 Å². The highest BCUT2D eigenvalue weighted by molar-refractivity contribution is 6.20. The Labute approximate surface area is 160 Å². The van der Waals surface area contributed by atoms with E-state index in [1.165, 1.54) is 10.8 Å². The number of pyridine rings is 2. The number of aromatic nitrogens is 3. The number of benzene rings is 2. The lowest BCUT2D eigenvalue weighted by atomic mass is 10.1. The van der Waals surface area contributed by atoms with E-state index in [0.29, 0.717) is 0 Å². The van der Waals surface area contributed by atoms with Crippen LogP contribution in [-0.2, 0) is 0 Å². The molecule has 0 fully saturated rings. The molecular formula is C24H15N3O. The van der Waals surface area contributed by atoms with Gasteiger partial charge in [-0.15, -0.1) is 0 Å². The average molecular weight is 361 g/mol. The van der Waals surface area contributed by atoms with Gasteiger partial charge in [-0.25, -0.2) is 0 Å². The molecule has 0 atom stereocenters. The SMILES string of the molecule is c1ccc(-c2ccc(-n3c4ccccc4c4c5ccoc5ccc43)cn2)nc1. The summed E-state index contributed by atoms with van der Waals surface area (Å²) in [7, 11) is 0. The highest BCUT2D eigenvalue weighted by Gasteiger charge is 2.15. The molecule has 4 heterocycles. The second kappa shape index (κ2) is 5.79. The number of hydrogen-bond donors (Lipinski definition) is 0. The van der Waals surface area contributed by atoms with Crippen LogP contribution in [0.1, 0.15) is 0 Å². The maximum absolute atomic E-state index is 5.63. The van der Waals surface area contributed by atoms with E-state index in [1.54, 1.807) is 12.5 Å². The third-order valence-electron chi connectivity index (χ3n) is 5.20. The van der Waals surface area contributed by atoms with Gasteiger partial charge in [-0.3, -0.25) is 9.97 Å². The topological polar surface area (TPSA) is 43.9 Å². The molecule has 6 aromatic rings. The van der Waals surface area contributed by atoms with E-state index in [9.17, 15) is 0 Å². The van der Waals surface area contributed by atoms with Crippen molar-refractivity contribution in [1.29, 1.82) is 0 Å². The molecule has 4 nitrogen and oxygen atoms in total. The van der Waals surface area contributed by atoms with Gasteiger partial charge in [0.05, 0.1) is 40.6 Å². The zero-order chi connectivity index (χ0) is 18.5.